The third kappa shape index (κ3) is 4.27. The van der Waals surface area contributed by atoms with Crippen molar-refractivity contribution in [2.45, 2.75) is 6.61 Å². The van der Waals surface area contributed by atoms with Crippen LogP contribution in [-0.2, 0) is 6.61 Å². The van der Waals surface area contributed by atoms with Gasteiger partial charge in [-0.1, -0.05) is 29.3 Å². The molecule has 20 heavy (non-hydrogen) atoms. The highest BCUT2D eigenvalue weighted by Crippen LogP contribution is 2.23. The maximum Gasteiger partial charge on any atom is 0.168 e. The molecule has 2 aromatic carbocycles. The van der Waals surface area contributed by atoms with Crippen LogP contribution in [0.5, 0.6) is 5.75 Å². The van der Waals surface area contributed by atoms with E-state index in [1.54, 1.807) is 12.1 Å². The van der Waals surface area contributed by atoms with E-state index in [-0.39, 0.29) is 5.11 Å². The Kier molecular flexibility index (Phi) is 5.06. The van der Waals surface area contributed by atoms with Crippen LogP contribution in [0.15, 0.2) is 42.5 Å². The van der Waals surface area contributed by atoms with Gasteiger partial charge in [0.25, 0.3) is 0 Å². The summed E-state index contributed by atoms with van der Waals surface area (Å²) in [6.45, 7) is 0.373. The van der Waals surface area contributed by atoms with E-state index in [4.69, 9.17) is 45.9 Å². The van der Waals surface area contributed by atoms with Crippen molar-refractivity contribution in [1.82, 2.24) is 0 Å². The van der Waals surface area contributed by atoms with Gasteiger partial charge in [-0.25, -0.2) is 0 Å². The molecule has 0 spiro atoms. The van der Waals surface area contributed by atoms with E-state index in [2.05, 4.69) is 5.32 Å². The maximum atomic E-state index is 6.08. The van der Waals surface area contributed by atoms with Gasteiger partial charge in [0.15, 0.2) is 5.11 Å². The number of hydrogen-bond donors (Lipinski definition) is 2. The van der Waals surface area contributed by atoms with Crippen LogP contribution in [0.25, 0.3) is 0 Å². The van der Waals surface area contributed by atoms with Crippen LogP contribution >= 0.6 is 35.4 Å². The maximum absolute atomic E-state index is 6.08. The molecule has 0 saturated carbocycles. The van der Waals surface area contributed by atoms with Crippen LogP contribution in [0.2, 0.25) is 10.0 Å². The first-order valence-corrected chi connectivity index (χ1v) is 6.94. The zero-order valence-electron chi connectivity index (χ0n) is 10.4. The minimum atomic E-state index is 0.228. The highest BCUT2D eigenvalue weighted by Gasteiger charge is 2.03. The zero-order valence-corrected chi connectivity index (χ0v) is 12.7. The van der Waals surface area contributed by atoms with Crippen molar-refractivity contribution >= 4 is 46.2 Å². The highest BCUT2D eigenvalue weighted by atomic mass is 35.5. The third-order valence-electron chi connectivity index (χ3n) is 2.53. The van der Waals surface area contributed by atoms with Crippen molar-refractivity contribution in [3.8, 4) is 5.75 Å². The largest absolute Gasteiger partial charge is 0.489 e. The number of rotatable bonds is 4. The summed E-state index contributed by atoms with van der Waals surface area (Å²) < 4.78 is 5.65. The van der Waals surface area contributed by atoms with Gasteiger partial charge in [-0.2, -0.15) is 0 Å². The summed E-state index contributed by atoms with van der Waals surface area (Å²) in [5, 5.41) is 4.26. The van der Waals surface area contributed by atoms with Crippen molar-refractivity contribution in [3.05, 3.63) is 58.1 Å². The second kappa shape index (κ2) is 6.79. The highest BCUT2D eigenvalue weighted by molar-refractivity contribution is 7.80. The van der Waals surface area contributed by atoms with Gasteiger partial charge in [-0.3, -0.25) is 0 Å². The van der Waals surface area contributed by atoms with Gasteiger partial charge in [0.1, 0.15) is 12.4 Å². The van der Waals surface area contributed by atoms with Gasteiger partial charge in [0.2, 0.25) is 0 Å². The number of ether oxygens (including phenoxy) is 1. The first-order chi connectivity index (χ1) is 9.54. The molecule has 0 fully saturated rings. The summed E-state index contributed by atoms with van der Waals surface area (Å²) >= 11 is 16.7. The standard InChI is InChI=1S/C14H12Cl2N2OS/c15-10-2-1-9(13(16)7-10)8-19-12-5-3-11(4-6-12)18-14(17)20/h1-7H,8H2,(H3,17,18,20). The van der Waals surface area contributed by atoms with Crippen LogP contribution in [0.3, 0.4) is 0 Å². The van der Waals surface area contributed by atoms with E-state index in [1.165, 1.54) is 0 Å². The molecule has 0 aliphatic carbocycles. The molecular formula is C14H12Cl2N2OS. The van der Waals surface area contributed by atoms with Gasteiger partial charge in [0.05, 0.1) is 0 Å². The minimum Gasteiger partial charge on any atom is -0.489 e. The molecule has 3 nitrogen and oxygen atoms in total. The second-order valence-corrected chi connectivity index (χ2v) is 5.32. The van der Waals surface area contributed by atoms with Crippen molar-refractivity contribution in [1.29, 1.82) is 0 Å². The quantitative estimate of drug-likeness (QED) is 0.825. The Morgan fingerprint density at radius 2 is 1.85 bits per heavy atom. The zero-order chi connectivity index (χ0) is 14.5. The molecule has 6 heteroatoms. The fraction of sp³-hybridized carbons (Fsp3) is 0.0714. The lowest BCUT2D eigenvalue weighted by Gasteiger charge is -2.09. The Morgan fingerprint density at radius 1 is 1.15 bits per heavy atom. The van der Waals surface area contributed by atoms with E-state index < -0.39 is 0 Å². The molecular weight excluding hydrogens is 315 g/mol. The molecule has 0 heterocycles. The molecule has 0 saturated heterocycles. The predicted molar refractivity (Wildman–Crippen MR) is 87.6 cm³/mol. The number of benzene rings is 2. The first-order valence-electron chi connectivity index (χ1n) is 5.78. The molecule has 3 N–H and O–H groups in total. The SMILES string of the molecule is NC(=S)Nc1ccc(OCc2ccc(Cl)cc2Cl)cc1. The van der Waals surface area contributed by atoms with Crippen LogP contribution < -0.4 is 15.8 Å². The number of halogens is 2. The molecule has 0 aromatic heterocycles. The minimum absolute atomic E-state index is 0.228. The number of hydrogen-bond acceptors (Lipinski definition) is 2. The molecule has 0 atom stereocenters. The molecule has 0 aliphatic rings. The number of nitrogens with one attached hydrogen (secondary N) is 1. The summed E-state index contributed by atoms with van der Waals surface area (Å²) in [5.41, 5.74) is 7.08. The van der Waals surface area contributed by atoms with Crippen LogP contribution in [0.4, 0.5) is 5.69 Å². The Balaban J connectivity index is 1.98. The van der Waals surface area contributed by atoms with Crippen molar-refractivity contribution in [3.63, 3.8) is 0 Å². The topological polar surface area (TPSA) is 47.3 Å². The lowest BCUT2D eigenvalue weighted by molar-refractivity contribution is 0.306. The monoisotopic (exact) mass is 326 g/mol. The van der Waals surface area contributed by atoms with Gasteiger partial charge >= 0.3 is 0 Å². The van der Waals surface area contributed by atoms with Crippen molar-refractivity contribution < 1.29 is 4.74 Å². The second-order valence-electron chi connectivity index (χ2n) is 4.04. The van der Waals surface area contributed by atoms with Crippen LogP contribution in [0.1, 0.15) is 5.56 Å². The normalized spacial score (nSPS) is 10.1. The molecule has 2 aromatic rings. The Bertz CT molecular complexity index is 617. The van der Waals surface area contributed by atoms with E-state index in [0.29, 0.717) is 16.7 Å². The van der Waals surface area contributed by atoms with Crippen LogP contribution in [-0.4, -0.2) is 5.11 Å². The molecule has 0 bridgehead atoms. The Labute approximate surface area is 132 Å². The molecule has 104 valence electrons. The van der Waals surface area contributed by atoms with E-state index >= 15 is 0 Å². The fourth-order valence-corrected chi connectivity index (χ4v) is 2.16. The first kappa shape index (κ1) is 14.9. The van der Waals surface area contributed by atoms with Crippen molar-refractivity contribution in [2.75, 3.05) is 5.32 Å². The number of thiocarbonyl (C=S) groups is 1. The smallest absolute Gasteiger partial charge is 0.168 e. The molecule has 0 radical (unpaired) electrons. The summed E-state index contributed by atoms with van der Waals surface area (Å²) in [6.07, 6.45) is 0. The van der Waals surface area contributed by atoms with Gasteiger partial charge in [-0.15, -0.1) is 0 Å². The molecule has 0 unspecified atom stereocenters. The van der Waals surface area contributed by atoms with Gasteiger partial charge in [-0.05, 0) is 48.6 Å². The van der Waals surface area contributed by atoms with E-state index in [9.17, 15) is 0 Å². The van der Waals surface area contributed by atoms with Gasteiger partial charge < -0.3 is 15.8 Å². The average Bonchev–Trinajstić information content (AvgIpc) is 2.39. The lowest BCUT2D eigenvalue weighted by Crippen LogP contribution is -2.18. The predicted octanol–water partition coefficient (Wildman–Crippen LogP) is 4.23. The Hall–Kier alpha value is -1.49. The molecule has 0 aliphatic heterocycles. The van der Waals surface area contributed by atoms with E-state index in [1.807, 2.05) is 30.3 Å². The average molecular weight is 327 g/mol. The molecule has 0 amide bonds. The summed E-state index contributed by atoms with van der Waals surface area (Å²) in [5.74, 6) is 0.726. The summed E-state index contributed by atoms with van der Waals surface area (Å²) in [4.78, 5) is 0. The third-order valence-corrected chi connectivity index (χ3v) is 3.22. The lowest BCUT2D eigenvalue weighted by atomic mass is 10.2. The summed E-state index contributed by atoms with van der Waals surface area (Å²) in [6, 6.07) is 12.6. The van der Waals surface area contributed by atoms with E-state index in [0.717, 1.165) is 17.0 Å². The Morgan fingerprint density at radius 3 is 2.45 bits per heavy atom. The summed E-state index contributed by atoms with van der Waals surface area (Å²) in [7, 11) is 0. The van der Waals surface area contributed by atoms with Crippen molar-refractivity contribution in [2.24, 2.45) is 5.73 Å². The molecule has 2 rings (SSSR count). The fourth-order valence-electron chi connectivity index (χ4n) is 1.58. The number of nitrogens with two attached hydrogens (primary N) is 1. The number of anilines is 1. The van der Waals surface area contributed by atoms with Gasteiger partial charge in [0, 0.05) is 21.3 Å². The van der Waals surface area contributed by atoms with Crippen LogP contribution in [0, 0.1) is 0 Å².